The SMILES string of the molecule is CCCNC(C)CCCSc1ccc(F)cc1F. The van der Waals surface area contributed by atoms with Gasteiger partial charge in [-0.25, -0.2) is 8.78 Å². The predicted molar refractivity (Wildman–Crippen MR) is 74.1 cm³/mol. The average molecular weight is 273 g/mol. The van der Waals surface area contributed by atoms with Crippen molar-refractivity contribution in [2.45, 2.75) is 44.0 Å². The minimum absolute atomic E-state index is 0.461. The molecule has 0 fully saturated rings. The fourth-order valence-corrected chi connectivity index (χ4v) is 2.55. The van der Waals surface area contributed by atoms with Gasteiger partial charge in [0.1, 0.15) is 11.6 Å². The van der Waals surface area contributed by atoms with E-state index in [1.54, 1.807) is 0 Å². The standard InChI is InChI=1S/C14H21F2NS/c1-3-8-17-11(2)5-4-9-18-14-7-6-12(15)10-13(14)16/h6-7,10-11,17H,3-5,8-9H2,1-2H3. The molecule has 1 nitrogen and oxygen atoms in total. The summed E-state index contributed by atoms with van der Waals surface area (Å²) in [6, 6.07) is 4.25. The number of thioether (sulfide) groups is 1. The largest absolute Gasteiger partial charge is 0.314 e. The average Bonchev–Trinajstić information content (AvgIpc) is 2.34. The van der Waals surface area contributed by atoms with E-state index in [2.05, 4.69) is 19.2 Å². The van der Waals surface area contributed by atoms with Crippen molar-refractivity contribution in [3.05, 3.63) is 29.8 Å². The molecule has 0 bridgehead atoms. The van der Waals surface area contributed by atoms with Gasteiger partial charge in [-0.3, -0.25) is 0 Å². The third kappa shape index (κ3) is 5.83. The third-order valence-corrected chi connectivity index (χ3v) is 3.81. The van der Waals surface area contributed by atoms with Gasteiger partial charge in [-0.2, -0.15) is 0 Å². The van der Waals surface area contributed by atoms with Crippen molar-refractivity contribution >= 4 is 11.8 Å². The van der Waals surface area contributed by atoms with E-state index in [9.17, 15) is 8.78 Å². The number of rotatable bonds is 8. The molecular weight excluding hydrogens is 252 g/mol. The lowest BCUT2D eigenvalue weighted by Gasteiger charge is -2.12. The highest BCUT2D eigenvalue weighted by atomic mass is 32.2. The first kappa shape index (κ1) is 15.4. The molecule has 0 saturated heterocycles. The Morgan fingerprint density at radius 2 is 2.11 bits per heavy atom. The predicted octanol–water partition coefficient (Wildman–Crippen LogP) is 4.23. The molecule has 1 atom stereocenters. The fraction of sp³-hybridized carbons (Fsp3) is 0.571. The van der Waals surface area contributed by atoms with Gasteiger partial charge in [0.05, 0.1) is 0 Å². The molecular formula is C14H21F2NS. The Morgan fingerprint density at radius 1 is 1.33 bits per heavy atom. The van der Waals surface area contributed by atoms with Gasteiger partial charge in [-0.1, -0.05) is 6.92 Å². The molecule has 4 heteroatoms. The van der Waals surface area contributed by atoms with Crippen molar-refractivity contribution < 1.29 is 8.78 Å². The van der Waals surface area contributed by atoms with Crippen LogP contribution in [0.15, 0.2) is 23.1 Å². The molecule has 18 heavy (non-hydrogen) atoms. The second kappa shape index (κ2) is 8.48. The Bertz CT molecular complexity index is 358. The van der Waals surface area contributed by atoms with E-state index in [1.165, 1.54) is 23.9 Å². The van der Waals surface area contributed by atoms with Crippen molar-refractivity contribution in [3.8, 4) is 0 Å². The zero-order chi connectivity index (χ0) is 13.4. The summed E-state index contributed by atoms with van der Waals surface area (Å²) in [7, 11) is 0. The molecule has 1 rings (SSSR count). The molecule has 1 N–H and O–H groups in total. The van der Waals surface area contributed by atoms with Crippen LogP contribution >= 0.6 is 11.8 Å². The Kier molecular flexibility index (Phi) is 7.28. The van der Waals surface area contributed by atoms with Crippen LogP contribution in [0.25, 0.3) is 0 Å². The zero-order valence-electron chi connectivity index (χ0n) is 11.0. The van der Waals surface area contributed by atoms with Gasteiger partial charge in [0.25, 0.3) is 0 Å². The molecule has 0 aliphatic heterocycles. The van der Waals surface area contributed by atoms with E-state index in [0.717, 1.165) is 37.6 Å². The summed E-state index contributed by atoms with van der Waals surface area (Å²) in [6.07, 6.45) is 3.25. The molecule has 102 valence electrons. The molecule has 0 saturated carbocycles. The van der Waals surface area contributed by atoms with Crippen LogP contribution in [0.2, 0.25) is 0 Å². The van der Waals surface area contributed by atoms with E-state index < -0.39 is 11.6 Å². The van der Waals surface area contributed by atoms with Crippen LogP contribution in [0.5, 0.6) is 0 Å². The Hall–Kier alpha value is -0.610. The molecule has 0 aliphatic carbocycles. The van der Waals surface area contributed by atoms with Gasteiger partial charge in [-0.15, -0.1) is 11.8 Å². The van der Waals surface area contributed by atoms with Gasteiger partial charge < -0.3 is 5.32 Å². The maximum absolute atomic E-state index is 13.3. The number of halogens is 2. The maximum Gasteiger partial charge on any atom is 0.139 e. The molecule has 0 amide bonds. The van der Waals surface area contributed by atoms with Crippen LogP contribution in [0.4, 0.5) is 8.78 Å². The van der Waals surface area contributed by atoms with E-state index in [-0.39, 0.29) is 0 Å². The summed E-state index contributed by atoms with van der Waals surface area (Å²) in [5.41, 5.74) is 0. The summed E-state index contributed by atoms with van der Waals surface area (Å²) < 4.78 is 26.0. The number of nitrogens with one attached hydrogen (secondary N) is 1. The van der Waals surface area contributed by atoms with Crippen molar-refractivity contribution in [2.24, 2.45) is 0 Å². The van der Waals surface area contributed by atoms with Crippen molar-refractivity contribution in [1.29, 1.82) is 0 Å². The van der Waals surface area contributed by atoms with Crippen LogP contribution in [-0.4, -0.2) is 18.3 Å². The zero-order valence-corrected chi connectivity index (χ0v) is 11.8. The number of hydrogen-bond acceptors (Lipinski definition) is 2. The molecule has 1 aromatic carbocycles. The molecule has 0 aliphatic rings. The molecule has 0 heterocycles. The highest BCUT2D eigenvalue weighted by molar-refractivity contribution is 7.99. The van der Waals surface area contributed by atoms with Crippen LogP contribution in [0, 0.1) is 11.6 Å². The summed E-state index contributed by atoms with van der Waals surface area (Å²) in [6.45, 7) is 5.35. The van der Waals surface area contributed by atoms with Crippen LogP contribution < -0.4 is 5.32 Å². The second-order valence-corrected chi connectivity index (χ2v) is 5.56. The van der Waals surface area contributed by atoms with Gasteiger partial charge in [-0.05, 0) is 50.6 Å². The normalized spacial score (nSPS) is 12.7. The summed E-state index contributed by atoms with van der Waals surface area (Å²) >= 11 is 1.45. The monoisotopic (exact) mass is 273 g/mol. The van der Waals surface area contributed by atoms with Gasteiger partial charge in [0.2, 0.25) is 0 Å². The fourth-order valence-electron chi connectivity index (χ4n) is 1.66. The Balaban J connectivity index is 2.21. The van der Waals surface area contributed by atoms with Crippen LogP contribution in [0.3, 0.4) is 0 Å². The van der Waals surface area contributed by atoms with E-state index >= 15 is 0 Å². The first-order valence-corrected chi connectivity index (χ1v) is 7.43. The van der Waals surface area contributed by atoms with E-state index in [1.807, 2.05) is 0 Å². The Labute approximate surface area is 112 Å². The lowest BCUT2D eigenvalue weighted by Crippen LogP contribution is -2.26. The maximum atomic E-state index is 13.3. The van der Waals surface area contributed by atoms with Gasteiger partial charge >= 0.3 is 0 Å². The van der Waals surface area contributed by atoms with Crippen LogP contribution in [-0.2, 0) is 0 Å². The molecule has 1 unspecified atom stereocenters. The smallest absolute Gasteiger partial charge is 0.139 e. The molecule has 0 radical (unpaired) electrons. The van der Waals surface area contributed by atoms with Crippen molar-refractivity contribution in [3.63, 3.8) is 0 Å². The van der Waals surface area contributed by atoms with E-state index in [4.69, 9.17) is 0 Å². The molecule has 1 aromatic rings. The van der Waals surface area contributed by atoms with Crippen molar-refractivity contribution in [2.75, 3.05) is 12.3 Å². The Morgan fingerprint density at radius 3 is 2.78 bits per heavy atom. The highest BCUT2D eigenvalue weighted by Crippen LogP contribution is 2.23. The van der Waals surface area contributed by atoms with Crippen LogP contribution in [0.1, 0.15) is 33.1 Å². The first-order valence-electron chi connectivity index (χ1n) is 6.44. The van der Waals surface area contributed by atoms with Gasteiger partial charge in [0.15, 0.2) is 0 Å². The summed E-state index contributed by atoms with van der Waals surface area (Å²) in [5, 5.41) is 3.42. The van der Waals surface area contributed by atoms with E-state index in [0.29, 0.717) is 10.9 Å². The minimum Gasteiger partial charge on any atom is -0.314 e. The van der Waals surface area contributed by atoms with Crippen molar-refractivity contribution in [1.82, 2.24) is 5.32 Å². The summed E-state index contributed by atoms with van der Waals surface area (Å²) in [4.78, 5) is 0.533. The molecule has 0 aromatic heterocycles. The second-order valence-electron chi connectivity index (χ2n) is 4.42. The lowest BCUT2D eigenvalue weighted by molar-refractivity contribution is 0.510. The topological polar surface area (TPSA) is 12.0 Å². The minimum atomic E-state index is -0.519. The third-order valence-electron chi connectivity index (χ3n) is 2.68. The highest BCUT2D eigenvalue weighted by Gasteiger charge is 2.05. The lowest BCUT2D eigenvalue weighted by atomic mass is 10.2. The summed E-state index contributed by atoms with van der Waals surface area (Å²) in [5.74, 6) is -0.118. The quantitative estimate of drug-likeness (QED) is 0.562. The molecule has 0 spiro atoms. The number of benzene rings is 1. The van der Waals surface area contributed by atoms with Gasteiger partial charge in [0, 0.05) is 17.0 Å². The first-order chi connectivity index (χ1) is 8.63. The number of hydrogen-bond donors (Lipinski definition) is 1.